The van der Waals surface area contributed by atoms with Gasteiger partial charge in [-0.05, 0) is 57.8 Å². The highest BCUT2D eigenvalue weighted by Gasteiger charge is 2.34. The number of piperidine rings is 1. The smallest absolute Gasteiger partial charge is 0.242 e. The van der Waals surface area contributed by atoms with Crippen LogP contribution in [0.25, 0.3) is 0 Å². The minimum atomic E-state index is -0.672. The van der Waals surface area contributed by atoms with Crippen LogP contribution in [0.1, 0.15) is 32.1 Å². The van der Waals surface area contributed by atoms with Crippen molar-refractivity contribution in [2.45, 2.75) is 44.2 Å². The lowest BCUT2D eigenvalue weighted by Gasteiger charge is -2.42. The Morgan fingerprint density at radius 1 is 1.14 bits per heavy atom. The van der Waals surface area contributed by atoms with Gasteiger partial charge in [0.2, 0.25) is 12.3 Å². The molecule has 0 saturated carbocycles. The van der Waals surface area contributed by atoms with Crippen LogP contribution in [-0.2, 0) is 14.4 Å². The summed E-state index contributed by atoms with van der Waals surface area (Å²) in [6.07, 6.45) is 9.71. The third kappa shape index (κ3) is 7.07. The number of aldehydes is 1. The van der Waals surface area contributed by atoms with E-state index in [1.54, 1.807) is 11.9 Å². The molecule has 0 spiro atoms. The Kier molecular flexibility index (Phi) is 10.2. The minimum absolute atomic E-state index is 0.235. The number of carbonyl (C=O) groups excluding carboxylic acids is 3. The van der Waals surface area contributed by atoms with Gasteiger partial charge in [0.25, 0.3) is 0 Å². The third-order valence-electron chi connectivity index (χ3n) is 7.74. The predicted octanol–water partition coefficient (Wildman–Crippen LogP) is 0.600. The van der Waals surface area contributed by atoms with Crippen LogP contribution in [0.15, 0.2) is 23.5 Å². The zero-order chi connectivity index (χ0) is 25.4. The Hall–Kier alpha value is -2.39. The summed E-state index contributed by atoms with van der Waals surface area (Å²) in [5.74, 6) is 0.571. The second kappa shape index (κ2) is 13.1. The summed E-state index contributed by atoms with van der Waals surface area (Å²) in [6, 6.07) is -0.917. The largest absolute Gasteiger partial charge is 0.379 e. The maximum absolute atomic E-state index is 12.5. The van der Waals surface area contributed by atoms with Crippen molar-refractivity contribution < 1.29 is 14.4 Å². The average Bonchev–Trinajstić information content (AvgIpc) is 2.87. The van der Waals surface area contributed by atoms with E-state index < -0.39 is 6.04 Å². The van der Waals surface area contributed by atoms with E-state index in [2.05, 4.69) is 39.2 Å². The number of nitrogens with zero attached hydrogens (tertiary/aromatic N) is 5. The number of likely N-dealkylation sites (N-methyl/N-ethyl adjacent to an activating group) is 2. The zero-order valence-corrected chi connectivity index (χ0v) is 22.0. The van der Waals surface area contributed by atoms with Gasteiger partial charge >= 0.3 is 0 Å². The number of rotatable bonds is 11. The van der Waals surface area contributed by atoms with E-state index >= 15 is 0 Å². The molecule has 9 heteroatoms. The summed E-state index contributed by atoms with van der Waals surface area (Å²) in [5, 5.41) is 2.65. The lowest BCUT2D eigenvalue weighted by atomic mass is 9.96. The Bertz CT molecular complexity index is 782. The number of carbonyl (C=O) groups is 3. The first-order chi connectivity index (χ1) is 16.9. The van der Waals surface area contributed by atoms with Crippen LogP contribution < -0.4 is 5.32 Å². The van der Waals surface area contributed by atoms with E-state index in [1.165, 1.54) is 38.2 Å². The molecule has 2 aliphatic heterocycles. The fraction of sp³-hybridized carbons (Fsp3) is 0.731. The van der Waals surface area contributed by atoms with Crippen LogP contribution in [0.5, 0.6) is 0 Å². The molecule has 2 unspecified atom stereocenters. The number of likely N-dealkylation sites (tertiary alicyclic amines) is 1. The number of hydrogen-bond acceptors (Lipinski definition) is 7. The standard InChI is InChI=1S/C26H44N6O3/c1-27-26(35)24(6-5-17-33)32(20-34)23-8-7-22(18-25(23)28(2)3)31-15-13-30(14-16-31)19-21-9-11-29(4)12-10-21/h7,17-18,20-21,23-24H,5-6,8-16,19H2,1-4H3,(H,27,35). The lowest BCUT2D eigenvalue weighted by molar-refractivity contribution is -0.134. The van der Waals surface area contributed by atoms with E-state index in [-0.39, 0.29) is 18.4 Å². The van der Waals surface area contributed by atoms with Gasteiger partial charge < -0.3 is 29.7 Å². The molecule has 2 heterocycles. The van der Waals surface area contributed by atoms with Gasteiger partial charge in [0, 0.05) is 71.7 Å². The molecule has 196 valence electrons. The highest BCUT2D eigenvalue weighted by atomic mass is 16.2. The van der Waals surface area contributed by atoms with Crippen molar-refractivity contribution in [2.24, 2.45) is 5.92 Å². The average molecular weight is 489 g/mol. The molecule has 0 bridgehead atoms. The van der Waals surface area contributed by atoms with E-state index in [0.29, 0.717) is 12.8 Å². The van der Waals surface area contributed by atoms with Crippen LogP contribution in [0.4, 0.5) is 0 Å². The molecule has 2 atom stereocenters. The van der Waals surface area contributed by atoms with Gasteiger partial charge in [-0.3, -0.25) is 14.5 Å². The van der Waals surface area contributed by atoms with Crippen molar-refractivity contribution in [1.82, 2.24) is 29.8 Å². The van der Waals surface area contributed by atoms with Crippen molar-refractivity contribution >= 4 is 18.6 Å². The van der Waals surface area contributed by atoms with Crippen molar-refractivity contribution in [2.75, 3.05) is 74.0 Å². The topological polar surface area (TPSA) is 79.4 Å². The summed E-state index contributed by atoms with van der Waals surface area (Å²) in [4.78, 5) is 46.8. The molecule has 1 aliphatic carbocycles. The summed E-state index contributed by atoms with van der Waals surface area (Å²) in [5.41, 5.74) is 2.20. The molecule has 2 saturated heterocycles. The van der Waals surface area contributed by atoms with E-state index in [9.17, 15) is 14.4 Å². The number of hydrogen-bond donors (Lipinski definition) is 1. The second-order valence-corrected chi connectivity index (χ2v) is 10.3. The Morgan fingerprint density at radius 2 is 1.83 bits per heavy atom. The molecule has 2 amide bonds. The highest BCUT2D eigenvalue weighted by Crippen LogP contribution is 2.28. The van der Waals surface area contributed by atoms with Gasteiger partial charge in [-0.1, -0.05) is 6.08 Å². The minimum Gasteiger partial charge on any atom is -0.379 e. The molecule has 0 radical (unpaired) electrons. The van der Waals surface area contributed by atoms with Crippen molar-refractivity contribution in [3.05, 3.63) is 23.5 Å². The van der Waals surface area contributed by atoms with Gasteiger partial charge in [-0.15, -0.1) is 0 Å². The summed E-state index contributed by atoms with van der Waals surface area (Å²) >= 11 is 0. The summed E-state index contributed by atoms with van der Waals surface area (Å²) < 4.78 is 0. The van der Waals surface area contributed by atoms with Crippen LogP contribution >= 0.6 is 0 Å². The maximum atomic E-state index is 12.5. The molecule has 9 nitrogen and oxygen atoms in total. The van der Waals surface area contributed by atoms with E-state index in [4.69, 9.17) is 0 Å². The molecule has 0 aromatic rings. The molecule has 35 heavy (non-hydrogen) atoms. The molecule has 3 aliphatic rings. The van der Waals surface area contributed by atoms with Gasteiger partial charge in [0.1, 0.15) is 12.3 Å². The molecule has 2 fully saturated rings. The van der Waals surface area contributed by atoms with Crippen molar-refractivity contribution in [3.8, 4) is 0 Å². The highest BCUT2D eigenvalue weighted by molar-refractivity contribution is 5.83. The maximum Gasteiger partial charge on any atom is 0.242 e. The SMILES string of the molecule is CNC(=O)C(CCC=O)N(C=O)C1CC=C(N2CCN(CC3CCN(C)CC3)CC2)C=C1N(C)C. The molecule has 3 rings (SSSR count). The summed E-state index contributed by atoms with van der Waals surface area (Å²) in [6.45, 7) is 7.77. The fourth-order valence-corrected chi connectivity index (χ4v) is 5.55. The van der Waals surface area contributed by atoms with Crippen LogP contribution in [0.3, 0.4) is 0 Å². The predicted molar refractivity (Wildman–Crippen MR) is 138 cm³/mol. The molecule has 0 aromatic carbocycles. The van der Waals surface area contributed by atoms with Crippen molar-refractivity contribution in [1.29, 1.82) is 0 Å². The first-order valence-electron chi connectivity index (χ1n) is 13.0. The first-order valence-corrected chi connectivity index (χ1v) is 13.0. The van der Waals surface area contributed by atoms with Crippen LogP contribution in [-0.4, -0.2) is 129 Å². The molecule has 1 N–H and O–H groups in total. The van der Waals surface area contributed by atoms with Crippen molar-refractivity contribution in [3.63, 3.8) is 0 Å². The number of nitrogens with one attached hydrogen (secondary N) is 1. The second-order valence-electron chi connectivity index (χ2n) is 10.3. The van der Waals surface area contributed by atoms with Crippen LogP contribution in [0.2, 0.25) is 0 Å². The number of allylic oxidation sites excluding steroid dienone is 1. The third-order valence-corrected chi connectivity index (χ3v) is 7.74. The van der Waals surface area contributed by atoms with Gasteiger partial charge in [-0.25, -0.2) is 0 Å². The number of amides is 2. The van der Waals surface area contributed by atoms with Crippen LogP contribution in [0, 0.1) is 5.92 Å². The summed E-state index contributed by atoms with van der Waals surface area (Å²) in [7, 11) is 7.73. The van der Waals surface area contributed by atoms with E-state index in [1.807, 2.05) is 19.0 Å². The quantitative estimate of drug-likeness (QED) is 0.427. The normalized spacial score (nSPS) is 23.2. The molecule has 0 aromatic heterocycles. The van der Waals surface area contributed by atoms with E-state index in [0.717, 1.165) is 50.5 Å². The zero-order valence-electron chi connectivity index (χ0n) is 22.0. The molecular weight excluding hydrogens is 444 g/mol. The Balaban J connectivity index is 1.64. The number of piperazine rings is 1. The lowest BCUT2D eigenvalue weighted by Crippen LogP contribution is -2.53. The van der Waals surface area contributed by atoms with Gasteiger partial charge in [0.05, 0.1) is 6.04 Å². The first kappa shape index (κ1) is 27.2. The Labute approximate surface area is 210 Å². The van der Waals surface area contributed by atoms with Gasteiger partial charge in [0.15, 0.2) is 0 Å². The molecular formula is C26H44N6O3. The Morgan fingerprint density at radius 3 is 2.40 bits per heavy atom. The fourth-order valence-electron chi connectivity index (χ4n) is 5.55. The van der Waals surface area contributed by atoms with Gasteiger partial charge in [-0.2, -0.15) is 0 Å². The monoisotopic (exact) mass is 488 g/mol.